The highest BCUT2D eigenvalue weighted by atomic mass is 14.2. The minimum atomic E-state index is 0.569. The zero-order chi connectivity index (χ0) is 19.0. The van der Waals surface area contributed by atoms with E-state index in [4.69, 9.17) is 5.26 Å². The summed E-state index contributed by atoms with van der Waals surface area (Å²) in [6.07, 6.45) is 33.1. The Balaban J connectivity index is 3.00. The Kier molecular flexibility index (Phi) is 23.5. The highest BCUT2D eigenvalue weighted by Gasteiger charge is 1.95. The zero-order valence-electron chi connectivity index (χ0n) is 18.0. The summed E-state index contributed by atoms with van der Waals surface area (Å²) in [5.74, 6) is 0. The summed E-state index contributed by atoms with van der Waals surface area (Å²) < 4.78 is 0. The quantitative estimate of drug-likeness (QED) is 0.147. The van der Waals surface area contributed by atoms with Crippen LogP contribution in [0.4, 0.5) is 0 Å². The van der Waals surface area contributed by atoms with Crippen molar-refractivity contribution in [2.45, 2.75) is 142 Å². The predicted octanol–water partition coefficient (Wildman–Crippen LogP) is 9.28. The molecular weight excluding hydrogens is 314 g/mol. The van der Waals surface area contributed by atoms with Crippen LogP contribution < -0.4 is 0 Å². The van der Waals surface area contributed by atoms with E-state index in [9.17, 15) is 0 Å². The van der Waals surface area contributed by atoms with Gasteiger partial charge in [0.05, 0.1) is 12.5 Å². The third kappa shape index (κ3) is 23.2. The molecule has 0 aliphatic rings. The first-order valence-corrected chi connectivity index (χ1v) is 11.9. The van der Waals surface area contributed by atoms with Gasteiger partial charge in [-0.3, -0.25) is 0 Å². The molecule has 26 heavy (non-hydrogen) atoms. The molecule has 0 saturated heterocycles. The molecule has 0 unspecified atom stereocenters. The standard InChI is InChI=1S/C25H47N/c1-2-3-4-5-6-7-8-9-10-11-12-13-14-15-16-17-18-19-20-21-22-23-24-25-26/h22-23H,2-21,24H2,1H3. The molecule has 0 fully saturated rings. The Morgan fingerprint density at radius 1 is 0.500 bits per heavy atom. The fourth-order valence-electron chi connectivity index (χ4n) is 3.59. The number of hydrogen-bond donors (Lipinski definition) is 0. The third-order valence-corrected chi connectivity index (χ3v) is 5.35. The van der Waals surface area contributed by atoms with Crippen molar-refractivity contribution in [2.75, 3.05) is 0 Å². The van der Waals surface area contributed by atoms with E-state index in [-0.39, 0.29) is 0 Å². The Morgan fingerprint density at radius 3 is 1.19 bits per heavy atom. The SMILES string of the molecule is CCCCCCCCCCCCCCCCCCCCCC=CCC#N. The van der Waals surface area contributed by atoms with Crippen LogP contribution in [-0.2, 0) is 0 Å². The zero-order valence-corrected chi connectivity index (χ0v) is 18.0. The first kappa shape index (κ1) is 25.2. The Bertz CT molecular complexity index is 313. The molecule has 0 aromatic heterocycles. The molecule has 0 atom stereocenters. The first-order chi connectivity index (χ1) is 12.9. The lowest BCUT2D eigenvalue weighted by atomic mass is 10.0. The average molecular weight is 362 g/mol. The maximum atomic E-state index is 8.43. The van der Waals surface area contributed by atoms with Gasteiger partial charge in [0.2, 0.25) is 0 Å². The normalized spacial score (nSPS) is 11.2. The van der Waals surface area contributed by atoms with Crippen molar-refractivity contribution in [3.8, 4) is 6.07 Å². The van der Waals surface area contributed by atoms with Crippen molar-refractivity contribution in [2.24, 2.45) is 0 Å². The highest BCUT2D eigenvalue weighted by molar-refractivity contribution is 4.90. The fraction of sp³-hybridized carbons (Fsp3) is 0.880. The van der Waals surface area contributed by atoms with Crippen molar-refractivity contribution in [1.29, 1.82) is 5.26 Å². The van der Waals surface area contributed by atoms with Gasteiger partial charge in [0, 0.05) is 0 Å². The first-order valence-electron chi connectivity index (χ1n) is 11.9. The van der Waals surface area contributed by atoms with Gasteiger partial charge in [-0.1, -0.05) is 135 Å². The number of nitriles is 1. The Hall–Kier alpha value is -0.770. The van der Waals surface area contributed by atoms with Crippen molar-refractivity contribution in [3.63, 3.8) is 0 Å². The Morgan fingerprint density at radius 2 is 0.846 bits per heavy atom. The van der Waals surface area contributed by atoms with E-state index in [0.717, 1.165) is 6.42 Å². The van der Waals surface area contributed by atoms with E-state index in [1.165, 1.54) is 122 Å². The fourth-order valence-corrected chi connectivity index (χ4v) is 3.59. The highest BCUT2D eigenvalue weighted by Crippen LogP contribution is 2.14. The second-order valence-corrected chi connectivity index (χ2v) is 7.99. The summed E-state index contributed by atoms with van der Waals surface area (Å²) in [6.45, 7) is 2.29. The van der Waals surface area contributed by atoms with Gasteiger partial charge in [0.1, 0.15) is 0 Å². The van der Waals surface area contributed by atoms with Crippen molar-refractivity contribution in [3.05, 3.63) is 12.2 Å². The number of hydrogen-bond acceptors (Lipinski definition) is 1. The molecule has 0 bridgehead atoms. The molecule has 0 saturated carbocycles. The molecule has 1 nitrogen and oxygen atoms in total. The minimum Gasteiger partial charge on any atom is -0.198 e. The summed E-state index contributed by atoms with van der Waals surface area (Å²) in [6, 6.07) is 2.14. The molecular formula is C25H47N. The molecule has 152 valence electrons. The molecule has 0 aliphatic carbocycles. The molecule has 0 amide bonds. The summed E-state index contributed by atoms with van der Waals surface area (Å²) in [5, 5.41) is 8.43. The van der Waals surface area contributed by atoms with Crippen LogP contribution in [0.25, 0.3) is 0 Å². The second kappa shape index (κ2) is 24.2. The third-order valence-electron chi connectivity index (χ3n) is 5.35. The van der Waals surface area contributed by atoms with Crippen LogP contribution in [0.1, 0.15) is 142 Å². The molecule has 0 N–H and O–H groups in total. The van der Waals surface area contributed by atoms with Crippen LogP contribution >= 0.6 is 0 Å². The number of allylic oxidation sites excluding steroid dienone is 2. The minimum absolute atomic E-state index is 0.569. The van der Waals surface area contributed by atoms with E-state index < -0.39 is 0 Å². The Labute approximate surface area is 165 Å². The van der Waals surface area contributed by atoms with E-state index >= 15 is 0 Å². The van der Waals surface area contributed by atoms with Crippen molar-refractivity contribution >= 4 is 0 Å². The smallest absolute Gasteiger partial charge is 0.0663 e. The van der Waals surface area contributed by atoms with E-state index in [1.54, 1.807) is 0 Å². The van der Waals surface area contributed by atoms with Crippen LogP contribution in [0.5, 0.6) is 0 Å². The van der Waals surface area contributed by atoms with E-state index in [1.807, 2.05) is 6.08 Å². The summed E-state index contributed by atoms with van der Waals surface area (Å²) in [4.78, 5) is 0. The van der Waals surface area contributed by atoms with Gasteiger partial charge >= 0.3 is 0 Å². The van der Waals surface area contributed by atoms with Gasteiger partial charge in [0.25, 0.3) is 0 Å². The molecule has 0 heterocycles. The van der Waals surface area contributed by atoms with Crippen LogP contribution in [0.2, 0.25) is 0 Å². The molecule has 0 rings (SSSR count). The maximum absolute atomic E-state index is 8.43. The number of rotatable bonds is 21. The van der Waals surface area contributed by atoms with Gasteiger partial charge < -0.3 is 0 Å². The monoisotopic (exact) mass is 361 g/mol. The summed E-state index contributed by atoms with van der Waals surface area (Å²) in [7, 11) is 0. The van der Waals surface area contributed by atoms with Crippen molar-refractivity contribution in [1.82, 2.24) is 0 Å². The van der Waals surface area contributed by atoms with Crippen molar-refractivity contribution < 1.29 is 0 Å². The van der Waals surface area contributed by atoms with E-state index in [2.05, 4.69) is 19.1 Å². The van der Waals surface area contributed by atoms with Gasteiger partial charge in [-0.05, 0) is 12.8 Å². The van der Waals surface area contributed by atoms with Crippen LogP contribution in [-0.4, -0.2) is 0 Å². The number of unbranched alkanes of at least 4 members (excludes halogenated alkanes) is 19. The van der Waals surface area contributed by atoms with Gasteiger partial charge in [-0.25, -0.2) is 0 Å². The lowest BCUT2D eigenvalue weighted by molar-refractivity contribution is 0.523. The largest absolute Gasteiger partial charge is 0.198 e. The molecule has 0 spiro atoms. The van der Waals surface area contributed by atoms with E-state index in [0.29, 0.717) is 6.42 Å². The predicted molar refractivity (Wildman–Crippen MR) is 117 cm³/mol. The molecule has 0 aromatic carbocycles. The number of nitrogens with zero attached hydrogens (tertiary/aromatic N) is 1. The lowest BCUT2D eigenvalue weighted by Gasteiger charge is -2.03. The molecule has 0 aliphatic heterocycles. The summed E-state index contributed by atoms with van der Waals surface area (Å²) >= 11 is 0. The second-order valence-electron chi connectivity index (χ2n) is 7.99. The molecule has 1 heteroatoms. The topological polar surface area (TPSA) is 23.8 Å². The van der Waals surface area contributed by atoms with Crippen LogP contribution in [0.15, 0.2) is 12.2 Å². The molecule has 0 aromatic rings. The average Bonchev–Trinajstić information content (AvgIpc) is 2.66. The summed E-state index contributed by atoms with van der Waals surface area (Å²) in [5.41, 5.74) is 0. The van der Waals surface area contributed by atoms with Gasteiger partial charge in [-0.2, -0.15) is 5.26 Å². The van der Waals surface area contributed by atoms with Gasteiger partial charge in [0.15, 0.2) is 0 Å². The molecule has 0 radical (unpaired) electrons. The maximum Gasteiger partial charge on any atom is 0.0663 e. The van der Waals surface area contributed by atoms with Crippen LogP contribution in [0.3, 0.4) is 0 Å². The van der Waals surface area contributed by atoms with Crippen LogP contribution in [0, 0.1) is 11.3 Å². The van der Waals surface area contributed by atoms with Gasteiger partial charge in [-0.15, -0.1) is 0 Å². The lowest BCUT2D eigenvalue weighted by Crippen LogP contribution is -1.84.